The van der Waals surface area contributed by atoms with E-state index in [2.05, 4.69) is 122 Å². The fraction of sp³-hybridized carbons (Fsp3) is 0.600. The second-order valence-electron chi connectivity index (χ2n) is 17.5. The molecule has 0 bridgehead atoms. The third-order valence-corrected chi connectivity index (χ3v) is 9.79. The summed E-state index contributed by atoms with van der Waals surface area (Å²) in [7, 11) is 0. The van der Waals surface area contributed by atoms with Gasteiger partial charge in [0.1, 0.15) is 46.4 Å². The van der Waals surface area contributed by atoms with Crippen LogP contribution in [0.5, 0.6) is 11.5 Å². The van der Waals surface area contributed by atoms with Gasteiger partial charge < -0.3 is 28.9 Å². The molecule has 4 aromatic rings. The summed E-state index contributed by atoms with van der Waals surface area (Å²) in [4.78, 5) is 0. The van der Waals surface area contributed by atoms with Crippen molar-refractivity contribution in [2.24, 2.45) is 0 Å². The minimum Gasteiger partial charge on any atom is -0.490 e. The van der Waals surface area contributed by atoms with E-state index in [0.29, 0.717) is 12.1 Å². The van der Waals surface area contributed by atoms with Gasteiger partial charge in [-0.1, -0.05) is 34.6 Å². The number of benzene rings is 2. The monoisotopic (exact) mass is 628 g/mol. The summed E-state index contributed by atoms with van der Waals surface area (Å²) >= 11 is 0. The van der Waals surface area contributed by atoms with Crippen LogP contribution in [0, 0.1) is 0 Å². The standard InChI is InChI=1S/C40H56N2O4/c1-37(2,3)35-17-25-11-13-29(23-33(25)45-35)44-32-21-28(22-32)42-40(9,10)16-15-39(7,8)36-18-26-12-14-30(24-34(26)46-36)43-31-19-27(20-31)41-38(4,5)6/h11-14,17-18,23-24,27-28,31-32,41-42H,15-16,19-22H2,1-10H3. The Kier molecular flexibility index (Phi) is 8.55. The van der Waals surface area contributed by atoms with Gasteiger partial charge in [-0.25, -0.2) is 0 Å². The molecule has 2 aromatic heterocycles. The van der Waals surface area contributed by atoms with Crippen LogP contribution in [0.3, 0.4) is 0 Å². The Morgan fingerprint density at radius 2 is 1.09 bits per heavy atom. The van der Waals surface area contributed by atoms with E-state index >= 15 is 0 Å². The Bertz CT molecular complexity index is 1650. The zero-order valence-corrected chi connectivity index (χ0v) is 29.8. The predicted octanol–water partition coefficient (Wildman–Crippen LogP) is 9.81. The zero-order chi connectivity index (χ0) is 33.1. The van der Waals surface area contributed by atoms with E-state index in [1.165, 1.54) is 0 Å². The van der Waals surface area contributed by atoms with Crippen molar-refractivity contribution < 1.29 is 18.3 Å². The second kappa shape index (κ2) is 11.9. The van der Waals surface area contributed by atoms with Gasteiger partial charge in [-0.15, -0.1) is 0 Å². The lowest BCUT2D eigenvalue weighted by atomic mass is 9.79. The van der Waals surface area contributed by atoms with Crippen molar-refractivity contribution in [1.82, 2.24) is 10.6 Å². The van der Waals surface area contributed by atoms with Gasteiger partial charge in [-0.2, -0.15) is 0 Å². The number of nitrogens with one attached hydrogen (secondary N) is 2. The summed E-state index contributed by atoms with van der Waals surface area (Å²) < 4.78 is 25.2. The van der Waals surface area contributed by atoms with Crippen molar-refractivity contribution in [2.45, 2.75) is 154 Å². The molecule has 2 fully saturated rings. The molecule has 2 N–H and O–H groups in total. The fourth-order valence-electron chi connectivity index (χ4n) is 6.80. The Morgan fingerprint density at radius 3 is 1.59 bits per heavy atom. The lowest BCUT2D eigenvalue weighted by molar-refractivity contribution is 0.0689. The van der Waals surface area contributed by atoms with Gasteiger partial charge in [0.25, 0.3) is 0 Å². The van der Waals surface area contributed by atoms with Crippen LogP contribution in [-0.4, -0.2) is 35.4 Å². The molecule has 0 spiro atoms. The summed E-state index contributed by atoms with van der Waals surface area (Å²) in [5.74, 6) is 3.83. The van der Waals surface area contributed by atoms with Crippen molar-refractivity contribution in [3.63, 3.8) is 0 Å². The number of rotatable bonds is 11. The van der Waals surface area contributed by atoms with Crippen LogP contribution in [0.1, 0.15) is 119 Å². The molecule has 2 aliphatic rings. The average molecular weight is 629 g/mol. The maximum atomic E-state index is 6.45. The fourth-order valence-corrected chi connectivity index (χ4v) is 6.80. The first-order chi connectivity index (χ1) is 21.4. The van der Waals surface area contributed by atoms with Crippen LogP contribution in [0.4, 0.5) is 0 Å². The summed E-state index contributed by atoms with van der Waals surface area (Å²) in [5.41, 5.74) is 1.86. The molecule has 0 radical (unpaired) electrons. The first-order valence-electron chi connectivity index (χ1n) is 17.4. The van der Waals surface area contributed by atoms with Gasteiger partial charge in [0, 0.05) is 56.9 Å². The number of hydrogen-bond acceptors (Lipinski definition) is 6. The van der Waals surface area contributed by atoms with Gasteiger partial charge >= 0.3 is 0 Å². The molecule has 2 aromatic carbocycles. The molecule has 0 unspecified atom stereocenters. The number of ether oxygens (including phenoxy) is 2. The van der Waals surface area contributed by atoms with E-state index < -0.39 is 0 Å². The molecule has 2 heterocycles. The Labute approximate surface area is 276 Å². The Hall–Kier alpha value is -2.96. The minimum atomic E-state index is -0.0819. The quantitative estimate of drug-likeness (QED) is 0.172. The van der Waals surface area contributed by atoms with E-state index in [1.807, 2.05) is 6.07 Å². The van der Waals surface area contributed by atoms with E-state index in [4.69, 9.17) is 18.3 Å². The Morgan fingerprint density at radius 1 is 0.609 bits per heavy atom. The molecule has 46 heavy (non-hydrogen) atoms. The van der Waals surface area contributed by atoms with Crippen LogP contribution in [0.15, 0.2) is 57.4 Å². The van der Waals surface area contributed by atoms with Crippen molar-refractivity contribution in [1.29, 1.82) is 0 Å². The van der Waals surface area contributed by atoms with Crippen molar-refractivity contribution in [3.8, 4) is 11.5 Å². The predicted molar refractivity (Wildman–Crippen MR) is 188 cm³/mol. The van der Waals surface area contributed by atoms with Crippen LogP contribution in [0.25, 0.3) is 21.9 Å². The van der Waals surface area contributed by atoms with Gasteiger partial charge in [-0.05, 0) is 110 Å². The first kappa shape index (κ1) is 33.0. The molecule has 0 aliphatic heterocycles. The molecular formula is C40H56N2O4. The minimum absolute atomic E-state index is 0.00964. The van der Waals surface area contributed by atoms with Crippen molar-refractivity contribution >= 4 is 21.9 Å². The first-order valence-corrected chi connectivity index (χ1v) is 17.4. The third-order valence-electron chi connectivity index (χ3n) is 9.79. The Balaban J connectivity index is 0.971. The number of fused-ring (bicyclic) bond motifs is 2. The van der Waals surface area contributed by atoms with Crippen LogP contribution in [-0.2, 0) is 10.8 Å². The number of hydrogen-bond donors (Lipinski definition) is 2. The van der Waals surface area contributed by atoms with Crippen molar-refractivity contribution in [3.05, 3.63) is 60.1 Å². The topological polar surface area (TPSA) is 68.8 Å². The highest BCUT2D eigenvalue weighted by Crippen LogP contribution is 2.38. The summed E-state index contributed by atoms with van der Waals surface area (Å²) in [6, 6.07) is 17.8. The molecule has 6 nitrogen and oxygen atoms in total. The van der Waals surface area contributed by atoms with Crippen LogP contribution in [0.2, 0.25) is 0 Å². The SMILES string of the molecule is CC(C)(C)NC1CC(Oc2ccc3cc(C(C)(C)CCC(C)(C)NC4CC(Oc5ccc6cc(C(C)(C)C)oc6c5)C4)oc3c2)C1. The van der Waals surface area contributed by atoms with E-state index in [-0.39, 0.29) is 34.1 Å². The van der Waals surface area contributed by atoms with Crippen molar-refractivity contribution in [2.75, 3.05) is 0 Å². The summed E-state index contributed by atoms with van der Waals surface area (Å²) in [5, 5.41) is 9.84. The lowest BCUT2D eigenvalue weighted by Crippen LogP contribution is -2.54. The van der Waals surface area contributed by atoms with Gasteiger partial charge in [0.05, 0.1) is 0 Å². The maximum absolute atomic E-state index is 6.45. The van der Waals surface area contributed by atoms with Crippen LogP contribution >= 0.6 is 0 Å². The molecule has 2 saturated carbocycles. The molecule has 0 atom stereocenters. The van der Waals surface area contributed by atoms with E-state index in [9.17, 15) is 0 Å². The van der Waals surface area contributed by atoms with E-state index in [0.717, 1.165) is 83.5 Å². The van der Waals surface area contributed by atoms with Gasteiger partial charge in [0.2, 0.25) is 0 Å². The summed E-state index contributed by atoms with van der Waals surface area (Å²) in [6.45, 7) is 22.4. The van der Waals surface area contributed by atoms with Gasteiger partial charge in [0.15, 0.2) is 0 Å². The highest BCUT2D eigenvalue weighted by molar-refractivity contribution is 5.80. The molecule has 6 heteroatoms. The molecular weight excluding hydrogens is 572 g/mol. The second-order valence-corrected chi connectivity index (χ2v) is 17.5. The highest BCUT2D eigenvalue weighted by Gasteiger charge is 2.36. The normalized spacial score (nSPS) is 22.6. The molecule has 0 saturated heterocycles. The van der Waals surface area contributed by atoms with E-state index in [1.54, 1.807) is 0 Å². The third kappa shape index (κ3) is 7.77. The molecule has 6 rings (SSSR count). The van der Waals surface area contributed by atoms with Crippen LogP contribution < -0.4 is 20.1 Å². The maximum Gasteiger partial charge on any atom is 0.137 e. The molecule has 0 amide bonds. The molecule has 250 valence electrons. The van der Waals surface area contributed by atoms with Gasteiger partial charge in [-0.3, -0.25) is 0 Å². The number of furan rings is 2. The largest absolute Gasteiger partial charge is 0.490 e. The zero-order valence-electron chi connectivity index (χ0n) is 29.8. The lowest BCUT2D eigenvalue weighted by Gasteiger charge is -2.42. The average Bonchev–Trinajstić information content (AvgIpc) is 3.53. The summed E-state index contributed by atoms with van der Waals surface area (Å²) in [6.07, 6.45) is 6.68. The molecule has 2 aliphatic carbocycles. The highest BCUT2D eigenvalue weighted by atomic mass is 16.5. The smallest absolute Gasteiger partial charge is 0.137 e.